The summed E-state index contributed by atoms with van der Waals surface area (Å²) in [5.74, 6) is 0. The van der Waals surface area contributed by atoms with Crippen molar-refractivity contribution in [3.63, 3.8) is 0 Å². The first-order valence-electron chi connectivity index (χ1n) is 6.85. The summed E-state index contributed by atoms with van der Waals surface area (Å²) in [4.78, 5) is 15.4. The van der Waals surface area contributed by atoms with Crippen LogP contribution in [0.25, 0.3) is 0 Å². The highest BCUT2D eigenvalue weighted by molar-refractivity contribution is 7.99. The zero-order chi connectivity index (χ0) is 14.4. The Balaban J connectivity index is 2.36. The first-order chi connectivity index (χ1) is 8.99. The highest BCUT2D eigenvalue weighted by atomic mass is 32.2. The maximum absolute atomic E-state index is 11.8. The molecule has 1 fully saturated rings. The molecule has 6 heteroatoms. The van der Waals surface area contributed by atoms with Crippen LogP contribution in [0.5, 0.6) is 0 Å². The van der Waals surface area contributed by atoms with Gasteiger partial charge in [0.1, 0.15) is 0 Å². The number of thioether (sulfide) groups is 1. The number of aliphatic hydroxyl groups excluding tert-OH is 1. The number of aliphatic hydroxyl groups is 1. The molecule has 5 nitrogen and oxygen atoms in total. The molecule has 2 N–H and O–H groups in total. The van der Waals surface area contributed by atoms with E-state index in [2.05, 4.69) is 12.2 Å². The van der Waals surface area contributed by atoms with Crippen LogP contribution in [0.15, 0.2) is 0 Å². The number of amides is 2. The molecule has 0 aromatic carbocycles. The van der Waals surface area contributed by atoms with Gasteiger partial charge in [0.05, 0.1) is 6.61 Å². The molecular weight excluding hydrogens is 262 g/mol. The first-order valence-corrected chi connectivity index (χ1v) is 8.14. The predicted molar refractivity (Wildman–Crippen MR) is 80.7 cm³/mol. The van der Waals surface area contributed by atoms with Crippen LogP contribution in [0, 0.1) is 0 Å². The Labute approximate surface area is 120 Å². The lowest BCUT2D eigenvalue weighted by atomic mass is 10.0. The Bertz CT molecular complexity index is 277. The maximum atomic E-state index is 11.8. The van der Waals surface area contributed by atoms with Crippen LogP contribution in [0.1, 0.15) is 19.8 Å². The third kappa shape index (κ3) is 4.85. The van der Waals surface area contributed by atoms with Gasteiger partial charge in [0.25, 0.3) is 0 Å². The van der Waals surface area contributed by atoms with Crippen molar-refractivity contribution in [3.05, 3.63) is 0 Å². The molecule has 1 rings (SSSR count). The van der Waals surface area contributed by atoms with Crippen molar-refractivity contribution in [1.82, 2.24) is 15.1 Å². The van der Waals surface area contributed by atoms with Gasteiger partial charge in [-0.2, -0.15) is 11.8 Å². The highest BCUT2D eigenvalue weighted by Crippen LogP contribution is 2.16. The van der Waals surface area contributed by atoms with Gasteiger partial charge in [-0.15, -0.1) is 0 Å². The van der Waals surface area contributed by atoms with Crippen LogP contribution < -0.4 is 5.32 Å². The van der Waals surface area contributed by atoms with Gasteiger partial charge in [-0.3, -0.25) is 0 Å². The summed E-state index contributed by atoms with van der Waals surface area (Å²) < 4.78 is 0. The quantitative estimate of drug-likeness (QED) is 0.787. The number of carbonyl (C=O) groups is 1. The van der Waals surface area contributed by atoms with Crippen molar-refractivity contribution in [1.29, 1.82) is 0 Å². The fourth-order valence-electron chi connectivity index (χ4n) is 2.44. The Morgan fingerprint density at radius 2 is 2.05 bits per heavy atom. The third-order valence-corrected chi connectivity index (χ3v) is 4.85. The van der Waals surface area contributed by atoms with E-state index in [4.69, 9.17) is 0 Å². The van der Waals surface area contributed by atoms with Crippen molar-refractivity contribution >= 4 is 17.8 Å². The largest absolute Gasteiger partial charge is 0.395 e. The molecule has 112 valence electrons. The molecule has 2 atom stereocenters. The van der Waals surface area contributed by atoms with Gasteiger partial charge in [0, 0.05) is 44.5 Å². The number of hydrogen-bond donors (Lipinski definition) is 2. The summed E-state index contributed by atoms with van der Waals surface area (Å²) in [6.45, 7) is 3.94. The molecule has 0 aromatic heterocycles. The van der Waals surface area contributed by atoms with E-state index >= 15 is 0 Å². The molecule has 1 aliphatic rings. The van der Waals surface area contributed by atoms with E-state index in [-0.39, 0.29) is 17.9 Å². The lowest BCUT2D eigenvalue weighted by molar-refractivity contribution is 0.150. The van der Waals surface area contributed by atoms with Gasteiger partial charge in [-0.05, 0) is 26.0 Å². The molecule has 1 saturated heterocycles. The number of likely N-dealkylation sites (tertiary alicyclic amines) is 1. The molecule has 0 bridgehead atoms. The summed E-state index contributed by atoms with van der Waals surface area (Å²) in [5, 5.41) is 13.1. The third-order valence-electron chi connectivity index (χ3n) is 3.69. The van der Waals surface area contributed by atoms with Gasteiger partial charge in [0.15, 0.2) is 0 Å². The minimum Gasteiger partial charge on any atom is -0.395 e. The molecule has 19 heavy (non-hydrogen) atoms. The van der Waals surface area contributed by atoms with Gasteiger partial charge in [-0.25, -0.2) is 4.79 Å². The number of nitrogens with zero attached hydrogens (tertiary/aromatic N) is 2. The van der Waals surface area contributed by atoms with Crippen LogP contribution in [0.2, 0.25) is 0 Å². The standard InChI is InChI=1S/C13H27N3O2S/c1-10(12(9-17)19-4)14-11-5-7-16(8-6-11)13(18)15(2)3/h10-12,14,17H,5-9H2,1-4H3. The SMILES string of the molecule is CSC(CO)C(C)NC1CCN(C(=O)N(C)C)CC1. The molecule has 0 radical (unpaired) electrons. The molecule has 0 saturated carbocycles. The van der Waals surface area contributed by atoms with Crippen LogP contribution in [0.4, 0.5) is 4.79 Å². The molecule has 2 amide bonds. The van der Waals surface area contributed by atoms with Crippen LogP contribution in [-0.2, 0) is 0 Å². The summed E-state index contributed by atoms with van der Waals surface area (Å²) in [7, 11) is 3.58. The molecular formula is C13H27N3O2S. The minimum absolute atomic E-state index is 0.101. The highest BCUT2D eigenvalue weighted by Gasteiger charge is 2.26. The lowest BCUT2D eigenvalue weighted by Gasteiger charge is -2.36. The molecule has 0 aliphatic carbocycles. The molecule has 1 heterocycles. The van der Waals surface area contributed by atoms with E-state index in [9.17, 15) is 9.90 Å². The number of carbonyl (C=O) groups excluding carboxylic acids is 1. The fourth-order valence-corrected chi connectivity index (χ4v) is 3.07. The second-order valence-corrected chi connectivity index (χ2v) is 6.43. The van der Waals surface area contributed by atoms with Crippen molar-refractivity contribution in [3.8, 4) is 0 Å². The van der Waals surface area contributed by atoms with Gasteiger partial charge in [-0.1, -0.05) is 0 Å². The maximum Gasteiger partial charge on any atom is 0.319 e. The summed E-state index contributed by atoms with van der Waals surface area (Å²) in [5.41, 5.74) is 0. The summed E-state index contributed by atoms with van der Waals surface area (Å²) >= 11 is 1.69. The topological polar surface area (TPSA) is 55.8 Å². The molecule has 0 aromatic rings. The second kappa shape index (κ2) is 7.97. The van der Waals surface area contributed by atoms with E-state index in [1.165, 1.54) is 0 Å². The number of hydrogen-bond acceptors (Lipinski definition) is 4. The monoisotopic (exact) mass is 289 g/mol. The van der Waals surface area contributed by atoms with E-state index in [1.54, 1.807) is 30.8 Å². The Hall–Kier alpha value is -0.460. The van der Waals surface area contributed by atoms with Crippen LogP contribution in [-0.4, -0.2) is 78.3 Å². The zero-order valence-corrected chi connectivity index (χ0v) is 13.2. The number of rotatable bonds is 5. The van der Waals surface area contributed by atoms with Gasteiger partial charge < -0.3 is 20.2 Å². The lowest BCUT2D eigenvalue weighted by Crippen LogP contribution is -2.51. The number of nitrogens with one attached hydrogen (secondary N) is 1. The van der Waals surface area contributed by atoms with E-state index in [0.29, 0.717) is 12.1 Å². The summed E-state index contributed by atoms with van der Waals surface area (Å²) in [6, 6.07) is 0.840. The van der Waals surface area contributed by atoms with Crippen LogP contribution in [0.3, 0.4) is 0 Å². The average Bonchev–Trinajstić information content (AvgIpc) is 2.40. The van der Waals surface area contributed by atoms with Crippen molar-refractivity contribution in [2.24, 2.45) is 0 Å². The summed E-state index contributed by atoms with van der Waals surface area (Å²) in [6.07, 6.45) is 3.99. The minimum atomic E-state index is 0.101. The van der Waals surface area contributed by atoms with E-state index < -0.39 is 0 Å². The second-order valence-electron chi connectivity index (χ2n) is 5.35. The fraction of sp³-hybridized carbons (Fsp3) is 0.923. The normalized spacial score (nSPS) is 20.2. The Morgan fingerprint density at radius 1 is 1.47 bits per heavy atom. The van der Waals surface area contributed by atoms with E-state index in [0.717, 1.165) is 25.9 Å². The number of urea groups is 1. The molecule has 0 spiro atoms. The average molecular weight is 289 g/mol. The van der Waals surface area contributed by atoms with Crippen molar-refractivity contribution in [2.45, 2.75) is 37.1 Å². The predicted octanol–water partition coefficient (Wildman–Crippen LogP) is 0.834. The Morgan fingerprint density at radius 3 is 2.47 bits per heavy atom. The number of piperidine rings is 1. The van der Waals surface area contributed by atoms with Crippen molar-refractivity contribution in [2.75, 3.05) is 40.0 Å². The Kier molecular flexibility index (Phi) is 6.96. The smallest absolute Gasteiger partial charge is 0.319 e. The van der Waals surface area contributed by atoms with E-state index in [1.807, 2.05) is 11.2 Å². The molecule has 2 unspecified atom stereocenters. The van der Waals surface area contributed by atoms with Gasteiger partial charge in [0.2, 0.25) is 0 Å². The van der Waals surface area contributed by atoms with Crippen LogP contribution >= 0.6 is 11.8 Å². The first kappa shape index (κ1) is 16.6. The van der Waals surface area contributed by atoms with Gasteiger partial charge >= 0.3 is 6.03 Å². The zero-order valence-electron chi connectivity index (χ0n) is 12.4. The molecule has 1 aliphatic heterocycles. The van der Waals surface area contributed by atoms with Crippen molar-refractivity contribution < 1.29 is 9.90 Å².